The molecule has 0 radical (unpaired) electrons. The zero-order chi connectivity index (χ0) is 17.8. The van der Waals surface area contributed by atoms with Gasteiger partial charge < -0.3 is 8.98 Å². The Balaban J connectivity index is 1.91. The molecule has 0 saturated carbocycles. The number of benzene rings is 1. The molecule has 0 aliphatic rings. The van der Waals surface area contributed by atoms with Crippen molar-refractivity contribution in [3.63, 3.8) is 0 Å². The van der Waals surface area contributed by atoms with Crippen LogP contribution in [0.25, 0.3) is 11.5 Å². The van der Waals surface area contributed by atoms with E-state index in [1.54, 1.807) is 42.6 Å². The van der Waals surface area contributed by atoms with Crippen molar-refractivity contribution in [1.82, 2.24) is 14.8 Å². The Morgan fingerprint density at radius 2 is 2.12 bits per heavy atom. The molecule has 0 amide bonds. The van der Waals surface area contributed by atoms with Gasteiger partial charge in [-0.3, -0.25) is 4.79 Å². The van der Waals surface area contributed by atoms with Crippen LogP contribution in [0.5, 0.6) is 0 Å². The van der Waals surface area contributed by atoms with Crippen LogP contribution in [-0.4, -0.2) is 20.5 Å². The number of hydrogen-bond donors (Lipinski definition) is 0. The minimum atomic E-state index is -0.238. The van der Waals surface area contributed by atoms with E-state index in [-0.39, 0.29) is 11.4 Å². The highest BCUT2D eigenvalue weighted by Crippen LogP contribution is 2.23. The Kier molecular flexibility index (Phi) is 5.63. The van der Waals surface area contributed by atoms with E-state index in [1.165, 1.54) is 16.3 Å². The number of aromatic nitrogens is 3. The van der Waals surface area contributed by atoms with Crippen molar-refractivity contribution in [2.24, 2.45) is 0 Å². The smallest absolute Gasteiger partial charge is 0.277 e. The summed E-state index contributed by atoms with van der Waals surface area (Å²) in [4.78, 5) is 12.7. The molecule has 0 saturated heterocycles. The first-order chi connectivity index (χ1) is 12.1. The summed E-state index contributed by atoms with van der Waals surface area (Å²) in [5.41, 5.74) is 0.890. The van der Waals surface area contributed by atoms with Crippen LogP contribution in [0.4, 0.5) is 0 Å². The molecule has 8 heteroatoms. The van der Waals surface area contributed by atoms with E-state index in [4.69, 9.17) is 27.6 Å². The van der Waals surface area contributed by atoms with Gasteiger partial charge in [0.2, 0.25) is 0 Å². The summed E-state index contributed by atoms with van der Waals surface area (Å²) in [5, 5.41) is 9.32. The maximum absolute atomic E-state index is 12.7. The fraction of sp³-hybridized carbons (Fsp3) is 0.118. The summed E-state index contributed by atoms with van der Waals surface area (Å²) in [6.07, 6.45) is 3.42. The Hall–Kier alpha value is -2.02. The molecule has 0 unspecified atom stereocenters. The van der Waals surface area contributed by atoms with Crippen LogP contribution in [0, 0.1) is 0 Å². The molecule has 3 rings (SSSR count). The van der Waals surface area contributed by atoms with Gasteiger partial charge in [0.25, 0.3) is 16.7 Å². The van der Waals surface area contributed by atoms with Crippen LogP contribution in [0.3, 0.4) is 0 Å². The van der Waals surface area contributed by atoms with Crippen LogP contribution < -0.4 is 5.56 Å². The molecule has 0 spiro atoms. The molecule has 1 aromatic carbocycles. The number of nitrogens with zero attached hydrogens (tertiary/aromatic N) is 3. The Morgan fingerprint density at radius 3 is 2.88 bits per heavy atom. The number of pyridine rings is 1. The maximum Gasteiger partial charge on any atom is 0.277 e. The van der Waals surface area contributed by atoms with Crippen molar-refractivity contribution in [2.75, 3.05) is 5.75 Å². The SMILES string of the molecule is C=CCSc1nnc(-c2cccn(Cc3ccc(Cl)cc3Cl)c2=O)o1. The minimum absolute atomic E-state index is 0.188. The fourth-order valence-electron chi connectivity index (χ4n) is 2.16. The molecule has 128 valence electrons. The largest absolute Gasteiger partial charge is 0.411 e. The van der Waals surface area contributed by atoms with E-state index in [1.807, 2.05) is 0 Å². The van der Waals surface area contributed by atoms with E-state index >= 15 is 0 Å². The van der Waals surface area contributed by atoms with E-state index in [0.717, 1.165) is 5.56 Å². The number of hydrogen-bond acceptors (Lipinski definition) is 5. The highest BCUT2D eigenvalue weighted by atomic mass is 35.5. The number of rotatable bonds is 6. The van der Waals surface area contributed by atoms with Crippen molar-refractivity contribution in [2.45, 2.75) is 11.8 Å². The monoisotopic (exact) mass is 393 g/mol. The zero-order valence-corrected chi connectivity index (χ0v) is 15.3. The van der Waals surface area contributed by atoms with Gasteiger partial charge in [-0.15, -0.1) is 16.8 Å². The molecule has 0 aliphatic heterocycles. The molecule has 25 heavy (non-hydrogen) atoms. The topological polar surface area (TPSA) is 60.9 Å². The summed E-state index contributed by atoms with van der Waals surface area (Å²) in [6, 6.07) is 8.58. The van der Waals surface area contributed by atoms with Gasteiger partial charge in [0, 0.05) is 22.0 Å². The minimum Gasteiger partial charge on any atom is -0.411 e. The van der Waals surface area contributed by atoms with Gasteiger partial charge in [0.15, 0.2) is 0 Å². The quantitative estimate of drug-likeness (QED) is 0.454. The predicted octanol–water partition coefficient (Wildman–Crippen LogP) is 4.53. The summed E-state index contributed by atoms with van der Waals surface area (Å²) < 4.78 is 7.07. The third-order valence-corrected chi connectivity index (χ3v) is 4.74. The summed E-state index contributed by atoms with van der Waals surface area (Å²) >= 11 is 13.4. The third-order valence-electron chi connectivity index (χ3n) is 3.34. The number of halogens is 2. The molecule has 3 aromatic rings. The molecule has 0 N–H and O–H groups in total. The van der Waals surface area contributed by atoms with Crippen LogP contribution >= 0.6 is 35.0 Å². The molecule has 0 aliphatic carbocycles. The molecule has 2 heterocycles. The average molecular weight is 394 g/mol. The van der Waals surface area contributed by atoms with E-state index in [0.29, 0.717) is 33.1 Å². The van der Waals surface area contributed by atoms with Crippen molar-refractivity contribution in [3.05, 3.63) is 75.1 Å². The lowest BCUT2D eigenvalue weighted by atomic mass is 10.2. The van der Waals surface area contributed by atoms with Crippen LogP contribution in [0.15, 0.2) is 63.6 Å². The van der Waals surface area contributed by atoms with Crippen LogP contribution in [-0.2, 0) is 6.54 Å². The van der Waals surface area contributed by atoms with Crippen LogP contribution in [0.1, 0.15) is 5.56 Å². The molecule has 2 aromatic heterocycles. The molecular weight excluding hydrogens is 381 g/mol. The molecular formula is C17H13Cl2N3O2S. The molecule has 0 bridgehead atoms. The van der Waals surface area contributed by atoms with Gasteiger partial charge in [-0.05, 0) is 29.8 Å². The van der Waals surface area contributed by atoms with Gasteiger partial charge in [0.05, 0.1) is 6.54 Å². The van der Waals surface area contributed by atoms with Gasteiger partial charge in [-0.25, -0.2) is 0 Å². The normalized spacial score (nSPS) is 10.8. The highest BCUT2D eigenvalue weighted by molar-refractivity contribution is 7.99. The van der Waals surface area contributed by atoms with Crippen molar-refractivity contribution in [1.29, 1.82) is 0 Å². The Bertz CT molecular complexity index is 969. The first kappa shape index (κ1) is 17.8. The second kappa shape index (κ2) is 7.91. The standard InChI is InChI=1S/C17H13Cl2N3O2S/c1-2-8-25-17-21-20-15(24-17)13-4-3-7-22(16(13)23)10-11-5-6-12(18)9-14(11)19/h2-7,9H,1,8,10H2. The van der Waals surface area contributed by atoms with Crippen molar-refractivity contribution < 1.29 is 4.42 Å². The third kappa shape index (κ3) is 4.15. The highest BCUT2D eigenvalue weighted by Gasteiger charge is 2.14. The van der Waals surface area contributed by atoms with Crippen LogP contribution in [0.2, 0.25) is 10.0 Å². The summed E-state index contributed by atoms with van der Waals surface area (Å²) in [6.45, 7) is 3.95. The first-order valence-electron chi connectivity index (χ1n) is 7.29. The van der Waals surface area contributed by atoms with Gasteiger partial charge in [0.1, 0.15) is 5.56 Å². The first-order valence-corrected chi connectivity index (χ1v) is 9.03. The molecule has 5 nitrogen and oxygen atoms in total. The predicted molar refractivity (Wildman–Crippen MR) is 100 cm³/mol. The maximum atomic E-state index is 12.7. The van der Waals surface area contributed by atoms with E-state index in [9.17, 15) is 4.79 Å². The second-order valence-electron chi connectivity index (χ2n) is 5.06. The Labute approximate surface area is 158 Å². The van der Waals surface area contributed by atoms with Gasteiger partial charge >= 0.3 is 0 Å². The number of thioether (sulfide) groups is 1. The average Bonchev–Trinajstić information content (AvgIpc) is 3.06. The zero-order valence-electron chi connectivity index (χ0n) is 13.0. The lowest BCUT2D eigenvalue weighted by molar-refractivity contribution is 0.465. The molecule has 0 fully saturated rings. The van der Waals surface area contributed by atoms with Gasteiger partial charge in [-0.1, -0.05) is 47.1 Å². The second-order valence-corrected chi connectivity index (χ2v) is 6.88. The Morgan fingerprint density at radius 1 is 1.28 bits per heavy atom. The lowest BCUT2D eigenvalue weighted by Crippen LogP contribution is -2.21. The fourth-order valence-corrected chi connectivity index (χ4v) is 3.13. The summed E-state index contributed by atoms with van der Waals surface area (Å²) in [5.74, 6) is 0.837. The summed E-state index contributed by atoms with van der Waals surface area (Å²) in [7, 11) is 0. The lowest BCUT2D eigenvalue weighted by Gasteiger charge is -2.08. The van der Waals surface area contributed by atoms with Gasteiger partial charge in [-0.2, -0.15) is 0 Å². The van der Waals surface area contributed by atoms with E-state index in [2.05, 4.69) is 16.8 Å². The van der Waals surface area contributed by atoms with Crippen molar-refractivity contribution >= 4 is 35.0 Å². The molecule has 0 atom stereocenters. The van der Waals surface area contributed by atoms with E-state index < -0.39 is 0 Å². The van der Waals surface area contributed by atoms with Crippen molar-refractivity contribution in [3.8, 4) is 11.5 Å².